The molecule has 128 valence electrons. The number of carbonyl (C=O) groups is 3. The fourth-order valence-corrected chi connectivity index (χ4v) is 1.53. The molecule has 7 nitrogen and oxygen atoms in total. The number of carbonyl (C=O) groups excluding carboxylic acids is 3. The molecule has 0 aliphatic carbocycles. The van der Waals surface area contributed by atoms with E-state index in [-0.39, 0.29) is 12.1 Å². The molecule has 0 aliphatic heterocycles. The summed E-state index contributed by atoms with van der Waals surface area (Å²) >= 11 is 0. The SMILES string of the molecule is C#CCNC(=O)COC(=O)c1ccc(NC(=O)OC(C)(C)C)cc1. The van der Waals surface area contributed by atoms with Gasteiger partial charge in [0.25, 0.3) is 5.91 Å². The molecule has 0 spiro atoms. The van der Waals surface area contributed by atoms with E-state index in [2.05, 4.69) is 16.6 Å². The van der Waals surface area contributed by atoms with Gasteiger partial charge in [-0.2, -0.15) is 0 Å². The molecule has 0 saturated heterocycles. The Kier molecular flexibility index (Phi) is 6.80. The van der Waals surface area contributed by atoms with Gasteiger partial charge in [0.2, 0.25) is 0 Å². The van der Waals surface area contributed by atoms with Crippen LogP contribution < -0.4 is 10.6 Å². The van der Waals surface area contributed by atoms with Crippen LogP contribution >= 0.6 is 0 Å². The maximum Gasteiger partial charge on any atom is 0.412 e. The summed E-state index contributed by atoms with van der Waals surface area (Å²) in [5, 5.41) is 4.92. The molecule has 0 bridgehead atoms. The van der Waals surface area contributed by atoms with Gasteiger partial charge in [0, 0.05) is 5.69 Å². The molecule has 0 saturated carbocycles. The fraction of sp³-hybridized carbons (Fsp3) is 0.353. The second-order valence-electron chi connectivity index (χ2n) is 5.76. The largest absolute Gasteiger partial charge is 0.452 e. The third kappa shape index (κ3) is 7.31. The highest BCUT2D eigenvalue weighted by Crippen LogP contribution is 2.13. The number of amides is 2. The van der Waals surface area contributed by atoms with Gasteiger partial charge >= 0.3 is 12.1 Å². The summed E-state index contributed by atoms with van der Waals surface area (Å²) in [5.41, 5.74) is 0.107. The number of hydrogen-bond donors (Lipinski definition) is 2. The summed E-state index contributed by atoms with van der Waals surface area (Å²) in [7, 11) is 0. The smallest absolute Gasteiger partial charge is 0.412 e. The van der Waals surface area contributed by atoms with Gasteiger partial charge in [-0.05, 0) is 45.0 Å². The van der Waals surface area contributed by atoms with E-state index >= 15 is 0 Å². The summed E-state index contributed by atoms with van der Waals surface area (Å²) in [6.45, 7) is 4.92. The number of rotatable bonds is 5. The molecular formula is C17H20N2O5. The van der Waals surface area contributed by atoms with Gasteiger partial charge in [0.15, 0.2) is 6.61 Å². The van der Waals surface area contributed by atoms with Crippen molar-refractivity contribution in [3.8, 4) is 12.3 Å². The van der Waals surface area contributed by atoms with E-state index in [0.29, 0.717) is 5.69 Å². The van der Waals surface area contributed by atoms with Crippen molar-refractivity contribution < 1.29 is 23.9 Å². The highest BCUT2D eigenvalue weighted by Gasteiger charge is 2.16. The lowest BCUT2D eigenvalue weighted by Crippen LogP contribution is -2.29. The Labute approximate surface area is 140 Å². The van der Waals surface area contributed by atoms with E-state index in [0.717, 1.165) is 0 Å². The maximum absolute atomic E-state index is 11.8. The van der Waals surface area contributed by atoms with Crippen molar-refractivity contribution in [2.45, 2.75) is 26.4 Å². The van der Waals surface area contributed by atoms with Crippen LogP contribution in [-0.4, -0.2) is 36.7 Å². The van der Waals surface area contributed by atoms with Crippen molar-refractivity contribution in [2.24, 2.45) is 0 Å². The normalized spacial score (nSPS) is 10.2. The van der Waals surface area contributed by atoms with Gasteiger partial charge in [-0.25, -0.2) is 9.59 Å². The van der Waals surface area contributed by atoms with Gasteiger partial charge in [-0.15, -0.1) is 6.42 Å². The second kappa shape index (κ2) is 8.58. The Balaban J connectivity index is 2.52. The molecular weight excluding hydrogens is 312 g/mol. The van der Waals surface area contributed by atoms with Crippen LogP contribution in [0.2, 0.25) is 0 Å². The first-order valence-electron chi connectivity index (χ1n) is 7.18. The lowest BCUT2D eigenvalue weighted by Gasteiger charge is -2.19. The molecule has 2 amide bonds. The summed E-state index contributed by atoms with van der Waals surface area (Å²) in [4.78, 5) is 34.7. The molecule has 0 fully saturated rings. The second-order valence-corrected chi connectivity index (χ2v) is 5.76. The number of ether oxygens (including phenoxy) is 2. The predicted molar refractivity (Wildman–Crippen MR) is 88.4 cm³/mol. The van der Waals surface area contributed by atoms with E-state index in [1.807, 2.05) is 0 Å². The number of nitrogens with one attached hydrogen (secondary N) is 2. The first kappa shape index (κ1) is 19.0. The zero-order valence-electron chi connectivity index (χ0n) is 13.8. The highest BCUT2D eigenvalue weighted by atomic mass is 16.6. The number of benzene rings is 1. The van der Waals surface area contributed by atoms with Crippen LogP contribution in [0.15, 0.2) is 24.3 Å². The predicted octanol–water partition coefficient (Wildman–Crippen LogP) is 1.94. The summed E-state index contributed by atoms with van der Waals surface area (Å²) in [6.07, 6.45) is 4.40. The van der Waals surface area contributed by atoms with Crippen molar-refractivity contribution in [1.29, 1.82) is 0 Å². The van der Waals surface area contributed by atoms with Gasteiger partial charge in [0.05, 0.1) is 12.1 Å². The molecule has 0 aliphatic rings. The van der Waals surface area contributed by atoms with Gasteiger partial charge in [-0.3, -0.25) is 10.1 Å². The Morgan fingerprint density at radius 2 is 1.79 bits per heavy atom. The molecule has 0 radical (unpaired) electrons. The van der Waals surface area contributed by atoms with Crippen LogP contribution in [0.1, 0.15) is 31.1 Å². The minimum atomic E-state index is -0.658. The molecule has 0 unspecified atom stereocenters. The molecule has 24 heavy (non-hydrogen) atoms. The van der Waals surface area contributed by atoms with Crippen LogP contribution in [0.25, 0.3) is 0 Å². The van der Waals surface area contributed by atoms with E-state index in [1.54, 1.807) is 20.8 Å². The monoisotopic (exact) mass is 332 g/mol. The summed E-state index contributed by atoms with van der Waals surface area (Å²) in [6, 6.07) is 5.99. The topological polar surface area (TPSA) is 93.7 Å². The third-order valence-electron chi connectivity index (χ3n) is 2.49. The summed E-state index contributed by atoms with van der Waals surface area (Å²) in [5.74, 6) is 1.10. The zero-order valence-corrected chi connectivity index (χ0v) is 13.8. The Bertz CT molecular complexity index is 638. The highest BCUT2D eigenvalue weighted by molar-refractivity contribution is 5.92. The minimum Gasteiger partial charge on any atom is -0.452 e. The van der Waals surface area contributed by atoms with Crippen LogP contribution in [0.5, 0.6) is 0 Å². The van der Waals surface area contributed by atoms with Crippen LogP contribution in [0.3, 0.4) is 0 Å². The minimum absolute atomic E-state index is 0.0708. The Morgan fingerprint density at radius 3 is 2.33 bits per heavy atom. The average Bonchev–Trinajstić information content (AvgIpc) is 2.49. The van der Waals surface area contributed by atoms with Gasteiger partial charge < -0.3 is 14.8 Å². The molecule has 0 aromatic heterocycles. The number of anilines is 1. The van der Waals surface area contributed by atoms with Crippen LogP contribution in [0, 0.1) is 12.3 Å². The van der Waals surface area contributed by atoms with Gasteiger partial charge in [0.1, 0.15) is 5.60 Å². The molecule has 2 N–H and O–H groups in total. The first-order chi connectivity index (χ1) is 11.2. The fourth-order valence-electron chi connectivity index (χ4n) is 1.53. The maximum atomic E-state index is 11.8. The lowest BCUT2D eigenvalue weighted by molar-refractivity contribution is -0.123. The van der Waals surface area contributed by atoms with Crippen molar-refractivity contribution in [3.05, 3.63) is 29.8 Å². The van der Waals surface area contributed by atoms with Crippen molar-refractivity contribution in [3.63, 3.8) is 0 Å². The van der Waals surface area contributed by atoms with E-state index in [4.69, 9.17) is 15.9 Å². The van der Waals surface area contributed by atoms with Crippen molar-refractivity contribution >= 4 is 23.7 Å². The molecule has 1 rings (SSSR count). The van der Waals surface area contributed by atoms with E-state index in [1.165, 1.54) is 24.3 Å². The number of terminal acetylenes is 1. The van der Waals surface area contributed by atoms with Crippen LogP contribution in [-0.2, 0) is 14.3 Å². The standard InChI is InChI=1S/C17H20N2O5/c1-5-10-18-14(20)11-23-15(21)12-6-8-13(9-7-12)19-16(22)24-17(2,3)4/h1,6-9H,10-11H2,2-4H3,(H,18,20)(H,19,22). The molecule has 1 aromatic rings. The quantitative estimate of drug-likeness (QED) is 0.635. The zero-order chi connectivity index (χ0) is 18.2. The van der Waals surface area contributed by atoms with Crippen molar-refractivity contribution in [2.75, 3.05) is 18.5 Å². The van der Waals surface area contributed by atoms with E-state index in [9.17, 15) is 14.4 Å². The Hall–Kier alpha value is -3.01. The Morgan fingerprint density at radius 1 is 1.17 bits per heavy atom. The van der Waals surface area contributed by atoms with Gasteiger partial charge in [-0.1, -0.05) is 5.92 Å². The van der Waals surface area contributed by atoms with E-state index < -0.39 is 30.2 Å². The molecule has 0 atom stereocenters. The third-order valence-corrected chi connectivity index (χ3v) is 2.49. The molecule has 0 heterocycles. The average molecular weight is 332 g/mol. The van der Waals surface area contributed by atoms with Crippen molar-refractivity contribution in [1.82, 2.24) is 5.32 Å². The first-order valence-corrected chi connectivity index (χ1v) is 7.18. The molecule has 1 aromatic carbocycles. The molecule has 7 heteroatoms. The number of hydrogen-bond acceptors (Lipinski definition) is 5. The number of esters is 1. The lowest BCUT2D eigenvalue weighted by atomic mass is 10.2. The summed E-state index contributed by atoms with van der Waals surface area (Å²) < 4.78 is 9.96. The van der Waals surface area contributed by atoms with Crippen LogP contribution in [0.4, 0.5) is 10.5 Å².